The number of hydrogen-bond acceptors (Lipinski definition) is 0. The lowest BCUT2D eigenvalue weighted by Crippen LogP contribution is -2.08. The Labute approximate surface area is 132 Å². The van der Waals surface area contributed by atoms with Gasteiger partial charge < -0.3 is 0 Å². The van der Waals surface area contributed by atoms with Gasteiger partial charge >= 0.3 is 0 Å². The summed E-state index contributed by atoms with van der Waals surface area (Å²) in [6.45, 7) is 0. The van der Waals surface area contributed by atoms with Crippen LogP contribution in [0.15, 0.2) is 30.3 Å². The summed E-state index contributed by atoms with van der Waals surface area (Å²) in [6.07, 6.45) is 10.5. The van der Waals surface area contributed by atoms with Crippen LogP contribution in [0.5, 0.6) is 0 Å². The zero-order chi connectivity index (χ0) is 14.2. The summed E-state index contributed by atoms with van der Waals surface area (Å²) in [7, 11) is 0. The smallest absolute Gasteiger partial charge is 0.0619 e. The van der Waals surface area contributed by atoms with E-state index in [0.717, 1.165) is 0 Å². The molecule has 0 nitrogen and oxygen atoms in total. The maximum Gasteiger partial charge on any atom is 0.0619 e. The van der Waals surface area contributed by atoms with Gasteiger partial charge in [0.15, 0.2) is 0 Å². The van der Waals surface area contributed by atoms with Crippen LogP contribution in [-0.2, 0) is 12.8 Å². The molecule has 0 N–H and O–H groups in total. The number of halogens is 1. The first-order valence-electron chi connectivity index (χ1n) is 8.52. The van der Waals surface area contributed by atoms with Crippen LogP contribution in [0.25, 0.3) is 10.8 Å². The highest BCUT2D eigenvalue weighted by Gasteiger charge is 2.25. The molecule has 1 heteroatoms. The molecule has 1 atom stereocenters. The summed E-state index contributed by atoms with van der Waals surface area (Å²) >= 11 is 6.96. The first kappa shape index (κ1) is 13.6. The average molecular weight is 299 g/mol. The third-order valence-electron chi connectivity index (χ3n) is 5.52. The van der Waals surface area contributed by atoms with Gasteiger partial charge in [0.2, 0.25) is 0 Å². The molecule has 2 aliphatic rings. The van der Waals surface area contributed by atoms with E-state index in [0.29, 0.717) is 5.92 Å². The Bertz CT molecular complexity index is 640. The molecule has 4 rings (SSSR count). The van der Waals surface area contributed by atoms with Crippen LogP contribution in [0.3, 0.4) is 0 Å². The monoisotopic (exact) mass is 298 g/mol. The van der Waals surface area contributed by atoms with E-state index >= 15 is 0 Å². The lowest BCUT2D eigenvalue weighted by molar-refractivity contribution is 0.446. The van der Waals surface area contributed by atoms with E-state index in [1.165, 1.54) is 78.8 Å². The Morgan fingerprint density at radius 3 is 2.33 bits per heavy atom. The highest BCUT2D eigenvalue weighted by molar-refractivity contribution is 6.22. The zero-order valence-corrected chi connectivity index (χ0v) is 13.3. The molecular weight excluding hydrogens is 276 g/mol. The van der Waals surface area contributed by atoms with Gasteiger partial charge in [-0.1, -0.05) is 56.0 Å². The Hall–Kier alpha value is -1.01. The van der Waals surface area contributed by atoms with Crippen LogP contribution in [0.2, 0.25) is 0 Å². The van der Waals surface area contributed by atoms with Gasteiger partial charge in [0, 0.05) is 0 Å². The summed E-state index contributed by atoms with van der Waals surface area (Å²) in [5, 5.41) is 3.12. The minimum absolute atomic E-state index is 0.188. The highest BCUT2D eigenvalue weighted by Crippen LogP contribution is 2.42. The molecule has 1 unspecified atom stereocenters. The molecule has 110 valence electrons. The third kappa shape index (κ3) is 2.38. The molecule has 1 saturated carbocycles. The van der Waals surface area contributed by atoms with Crippen molar-refractivity contribution in [3.63, 3.8) is 0 Å². The van der Waals surface area contributed by atoms with Crippen molar-refractivity contribution in [3.05, 3.63) is 47.0 Å². The molecule has 1 fully saturated rings. The largest absolute Gasteiger partial charge is 0.117 e. The summed E-state index contributed by atoms with van der Waals surface area (Å²) in [5.74, 6) is 0.660. The number of benzene rings is 2. The molecular formula is C20H23Cl. The molecule has 0 aromatic heterocycles. The summed E-state index contributed by atoms with van der Waals surface area (Å²) in [5.41, 5.74) is 4.43. The average Bonchev–Trinajstić information content (AvgIpc) is 2.76. The molecule has 0 saturated heterocycles. The van der Waals surface area contributed by atoms with Crippen LogP contribution in [0.4, 0.5) is 0 Å². The van der Waals surface area contributed by atoms with E-state index in [2.05, 4.69) is 30.3 Å². The van der Waals surface area contributed by atoms with E-state index in [1.807, 2.05) is 0 Å². The molecule has 2 aromatic rings. The predicted molar refractivity (Wildman–Crippen MR) is 91.1 cm³/mol. The van der Waals surface area contributed by atoms with E-state index in [9.17, 15) is 0 Å². The van der Waals surface area contributed by atoms with E-state index in [4.69, 9.17) is 11.6 Å². The van der Waals surface area contributed by atoms with Crippen LogP contribution < -0.4 is 0 Å². The maximum atomic E-state index is 6.96. The van der Waals surface area contributed by atoms with Crippen LogP contribution in [0, 0.1) is 5.92 Å². The molecule has 2 aliphatic carbocycles. The molecule has 0 amide bonds. The van der Waals surface area contributed by atoms with Gasteiger partial charge in [-0.05, 0) is 59.1 Å². The Kier molecular flexibility index (Phi) is 3.67. The standard InChI is InChI=1S/C20H23Cl/c21-20(16-6-3-1-2-4-7-16)18-13-12-15-11-10-14-8-5-9-17(18)19(14)15/h5,8-9,12-13,16,20H,1-4,6-7,10-11H2. The lowest BCUT2D eigenvalue weighted by Gasteiger charge is -2.22. The molecule has 21 heavy (non-hydrogen) atoms. The second-order valence-electron chi connectivity index (χ2n) is 6.81. The SMILES string of the molecule is ClC(c1ccc2c3c(cccc13)CC2)C1CCCCCC1. The molecule has 0 spiro atoms. The van der Waals surface area contributed by atoms with Crippen LogP contribution in [-0.4, -0.2) is 0 Å². The Morgan fingerprint density at radius 1 is 0.857 bits per heavy atom. The van der Waals surface area contributed by atoms with Gasteiger partial charge in [0.25, 0.3) is 0 Å². The number of aryl methyl sites for hydroxylation is 2. The van der Waals surface area contributed by atoms with Crippen molar-refractivity contribution in [1.82, 2.24) is 0 Å². The fourth-order valence-electron chi connectivity index (χ4n) is 4.37. The van der Waals surface area contributed by atoms with Crippen LogP contribution in [0.1, 0.15) is 60.6 Å². The Balaban J connectivity index is 1.76. The van der Waals surface area contributed by atoms with Crippen molar-refractivity contribution in [2.75, 3.05) is 0 Å². The van der Waals surface area contributed by atoms with Gasteiger partial charge in [-0.15, -0.1) is 11.6 Å². The molecule has 0 radical (unpaired) electrons. The topological polar surface area (TPSA) is 0 Å². The van der Waals surface area contributed by atoms with Gasteiger partial charge in [-0.25, -0.2) is 0 Å². The second-order valence-corrected chi connectivity index (χ2v) is 7.28. The maximum absolute atomic E-state index is 6.96. The van der Waals surface area contributed by atoms with E-state index in [1.54, 1.807) is 0 Å². The minimum atomic E-state index is 0.188. The van der Waals surface area contributed by atoms with Crippen molar-refractivity contribution in [2.24, 2.45) is 5.92 Å². The number of alkyl halides is 1. The van der Waals surface area contributed by atoms with Crippen molar-refractivity contribution < 1.29 is 0 Å². The van der Waals surface area contributed by atoms with Gasteiger partial charge in [-0.3, -0.25) is 0 Å². The van der Waals surface area contributed by atoms with Crippen molar-refractivity contribution in [2.45, 2.75) is 56.7 Å². The fourth-order valence-corrected chi connectivity index (χ4v) is 4.81. The first-order chi connectivity index (χ1) is 10.3. The fraction of sp³-hybridized carbons (Fsp3) is 0.500. The summed E-state index contributed by atoms with van der Waals surface area (Å²) in [6, 6.07) is 11.4. The predicted octanol–water partition coefficient (Wildman–Crippen LogP) is 6.19. The van der Waals surface area contributed by atoms with Crippen LogP contribution >= 0.6 is 11.6 Å². The molecule has 0 heterocycles. The summed E-state index contributed by atoms with van der Waals surface area (Å²) in [4.78, 5) is 0. The quantitative estimate of drug-likeness (QED) is 0.458. The minimum Gasteiger partial charge on any atom is -0.117 e. The lowest BCUT2D eigenvalue weighted by atomic mass is 9.88. The van der Waals surface area contributed by atoms with Crippen molar-refractivity contribution >= 4 is 22.4 Å². The van der Waals surface area contributed by atoms with Crippen molar-refractivity contribution in [3.8, 4) is 0 Å². The number of hydrogen-bond donors (Lipinski definition) is 0. The zero-order valence-electron chi connectivity index (χ0n) is 12.6. The van der Waals surface area contributed by atoms with E-state index in [-0.39, 0.29) is 5.38 Å². The molecule has 0 aliphatic heterocycles. The highest BCUT2D eigenvalue weighted by atomic mass is 35.5. The second kappa shape index (κ2) is 5.65. The first-order valence-corrected chi connectivity index (χ1v) is 8.95. The number of rotatable bonds is 2. The van der Waals surface area contributed by atoms with E-state index < -0.39 is 0 Å². The normalized spacial score (nSPS) is 20.6. The van der Waals surface area contributed by atoms with Gasteiger partial charge in [0.05, 0.1) is 5.38 Å². The van der Waals surface area contributed by atoms with Crippen molar-refractivity contribution in [1.29, 1.82) is 0 Å². The molecule has 0 bridgehead atoms. The van der Waals surface area contributed by atoms with Gasteiger partial charge in [0.1, 0.15) is 0 Å². The Morgan fingerprint density at radius 2 is 1.57 bits per heavy atom. The summed E-state index contributed by atoms with van der Waals surface area (Å²) < 4.78 is 0. The van der Waals surface area contributed by atoms with Gasteiger partial charge in [-0.2, -0.15) is 0 Å². The third-order valence-corrected chi connectivity index (χ3v) is 6.11. The molecule has 2 aromatic carbocycles.